The van der Waals surface area contributed by atoms with E-state index in [2.05, 4.69) is 12.0 Å². The molecule has 2 rings (SSSR count). The van der Waals surface area contributed by atoms with Gasteiger partial charge in [0.25, 0.3) is 0 Å². The van der Waals surface area contributed by atoms with Gasteiger partial charge in [-0.15, -0.1) is 6.58 Å². The first-order chi connectivity index (χ1) is 9.72. The number of aliphatic hydroxyl groups excluding tert-OH is 1. The summed E-state index contributed by atoms with van der Waals surface area (Å²) in [7, 11) is 0. The van der Waals surface area contributed by atoms with Gasteiger partial charge in [-0.2, -0.15) is 0 Å². The molecule has 0 amide bonds. The zero-order valence-corrected chi connectivity index (χ0v) is 11.6. The molecule has 0 radical (unpaired) electrons. The number of benzene rings is 2. The van der Waals surface area contributed by atoms with Crippen molar-refractivity contribution < 1.29 is 5.11 Å². The average Bonchev–Trinajstić information content (AvgIpc) is 2.50. The van der Waals surface area contributed by atoms with E-state index < -0.39 is 6.10 Å². The van der Waals surface area contributed by atoms with Gasteiger partial charge >= 0.3 is 0 Å². The van der Waals surface area contributed by atoms with Gasteiger partial charge < -0.3 is 5.11 Å². The summed E-state index contributed by atoms with van der Waals surface area (Å²) in [6, 6.07) is 19.7. The summed E-state index contributed by atoms with van der Waals surface area (Å²) >= 11 is 0. The second kappa shape index (κ2) is 6.89. The molecule has 2 N–H and O–H groups in total. The first-order valence-electron chi connectivity index (χ1n) is 6.69. The van der Waals surface area contributed by atoms with Gasteiger partial charge in [0.1, 0.15) is 0 Å². The molecule has 2 aromatic carbocycles. The smallest absolute Gasteiger partial charge is 0.0718 e. The fourth-order valence-electron chi connectivity index (χ4n) is 1.96. The molecule has 0 aliphatic carbocycles. The second-order valence-corrected chi connectivity index (χ2v) is 4.64. The van der Waals surface area contributed by atoms with Crippen LogP contribution < -0.4 is 10.4 Å². The number of rotatable bonds is 6. The summed E-state index contributed by atoms with van der Waals surface area (Å²) in [5.74, 6) is 0. The van der Waals surface area contributed by atoms with E-state index in [1.54, 1.807) is 13.0 Å². The van der Waals surface area contributed by atoms with E-state index in [1.807, 2.05) is 65.7 Å². The quantitative estimate of drug-likeness (QED) is 0.623. The largest absolute Gasteiger partial charge is 0.391 e. The summed E-state index contributed by atoms with van der Waals surface area (Å²) in [5.41, 5.74) is 5.31. The van der Waals surface area contributed by atoms with E-state index in [4.69, 9.17) is 0 Å². The van der Waals surface area contributed by atoms with Crippen molar-refractivity contribution in [1.29, 1.82) is 0 Å². The highest BCUT2D eigenvalue weighted by atomic mass is 16.3. The van der Waals surface area contributed by atoms with E-state index in [-0.39, 0.29) is 6.04 Å². The molecular weight excluding hydrogens is 248 g/mol. The van der Waals surface area contributed by atoms with E-state index >= 15 is 0 Å². The topological polar surface area (TPSA) is 35.5 Å². The highest BCUT2D eigenvalue weighted by molar-refractivity contribution is 5.61. The Morgan fingerprint density at radius 2 is 1.45 bits per heavy atom. The van der Waals surface area contributed by atoms with Crippen molar-refractivity contribution in [3.63, 3.8) is 0 Å². The number of hydrogen-bond acceptors (Lipinski definition) is 3. The molecule has 0 saturated heterocycles. The fourth-order valence-corrected chi connectivity index (χ4v) is 1.96. The molecule has 0 aliphatic rings. The van der Waals surface area contributed by atoms with E-state index in [9.17, 15) is 5.11 Å². The van der Waals surface area contributed by atoms with Crippen LogP contribution in [0.3, 0.4) is 0 Å². The number of anilines is 2. The van der Waals surface area contributed by atoms with Crippen molar-refractivity contribution in [2.24, 2.45) is 0 Å². The molecule has 0 spiro atoms. The van der Waals surface area contributed by atoms with Crippen LogP contribution >= 0.6 is 0 Å². The lowest BCUT2D eigenvalue weighted by atomic mass is 10.2. The van der Waals surface area contributed by atoms with Gasteiger partial charge in [-0.25, -0.2) is 5.43 Å². The SMILES string of the molecule is C=C[C@H](NN(c1ccccc1)c1ccccc1)[C@@H](C)O. The number of hydrazine groups is 1. The summed E-state index contributed by atoms with van der Waals surface area (Å²) in [6.45, 7) is 5.52. The maximum absolute atomic E-state index is 9.79. The molecular formula is C17H20N2O. The lowest BCUT2D eigenvalue weighted by Gasteiger charge is -2.30. The lowest BCUT2D eigenvalue weighted by Crippen LogP contribution is -2.46. The van der Waals surface area contributed by atoms with Gasteiger partial charge in [-0.1, -0.05) is 42.5 Å². The molecule has 3 nitrogen and oxygen atoms in total. The van der Waals surface area contributed by atoms with Crippen LogP contribution in [0, 0.1) is 0 Å². The van der Waals surface area contributed by atoms with Crippen LogP contribution in [-0.4, -0.2) is 17.3 Å². The van der Waals surface area contributed by atoms with Gasteiger partial charge in [0.05, 0.1) is 23.5 Å². The zero-order valence-electron chi connectivity index (χ0n) is 11.6. The van der Waals surface area contributed by atoms with Crippen molar-refractivity contribution in [2.75, 3.05) is 5.01 Å². The highest BCUT2D eigenvalue weighted by Gasteiger charge is 2.16. The van der Waals surface area contributed by atoms with Crippen molar-refractivity contribution in [1.82, 2.24) is 5.43 Å². The molecule has 2 atom stereocenters. The standard InChI is InChI=1S/C17H20N2O/c1-3-17(14(2)20)18-19(15-10-6-4-7-11-15)16-12-8-5-9-13-16/h3-14,17-18,20H,1H2,2H3/t14-,17+/m1/s1. The fraction of sp³-hybridized carbons (Fsp3) is 0.176. The molecule has 0 bridgehead atoms. The Balaban J connectivity index is 2.32. The molecule has 2 aromatic rings. The van der Waals surface area contributed by atoms with Crippen LogP contribution in [0.4, 0.5) is 11.4 Å². The first-order valence-corrected chi connectivity index (χ1v) is 6.69. The highest BCUT2D eigenvalue weighted by Crippen LogP contribution is 2.23. The Bertz CT molecular complexity index is 486. The minimum absolute atomic E-state index is 0.226. The third-order valence-electron chi connectivity index (χ3n) is 3.08. The van der Waals surface area contributed by atoms with Crippen molar-refractivity contribution >= 4 is 11.4 Å². The number of aliphatic hydroxyl groups is 1. The number of nitrogens with zero attached hydrogens (tertiary/aromatic N) is 1. The van der Waals surface area contributed by atoms with Crippen LogP contribution in [0.2, 0.25) is 0 Å². The maximum Gasteiger partial charge on any atom is 0.0718 e. The molecule has 0 aromatic heterocycles. The van der Waals surface area contributed by atoms with Crippen LogP contribution in [0.15, 0.2) is 73.3 Å². The minimum Gasteiger partial charge on any atom is -0.391 e. The van der Waals surface area contributed by atoms with Gasteiger partial charge in [0.2, 0.25) is 0 Å². The Morgan fingerprint density at radius 1 is 1.00 bits per heavy atom. The zero-order chi connectivity index (χ0) is 14.4. The molecule has 20 heavy (non-hydrogen) atoms. The van der Waals surface area contributed by atoms with E-state index in [1.165, 1.54) is 0 Å². The van der Waals surface area contributed by atoms with Crippen LogP contribution in [0.25, 0.3) is 0 Å². The molecule has 0 fully saturated rings. The second-order valence-electron chi connectivity index (χ2n) is 4.64. The van der Waals surface area contributed by atoms with Gasteiger partial charge in [0.15, 0.2) is 0 Å². The predicted molar refractivity (Wildman–Crippen MR) is 83.8 cm³/mol. The molecule has 0 heterocycles. The lowest BCUT2D eigenvalue weighted by molar-refractivity contribution is 0.164. The summed E-state index contributed by atoms with van der Waals surface area (Å²) in [6.07, 6.45) is 1.19. The third-order valence-corrected chi connectivity index (χ3v) is 3.08. The summed E-state index contributed by atoms with van der Waals surface area (Å²) in [4.78, 5) is 0. The Morgan fingerprint density at radius 3 is 1.80 bits per heavy atom. The van der Waals surface area contributed by atoms with Crippen LogP contribution in [0.5, 0.6) is 0 Å². The predicted octanol–water partition coefficient (Wildman–Crippen LogP) is 3.26. The maximum atomic E-state index is 9.79. The average molecular weight is 268 g/mol. The Hall–Kier alpha value is -2.10. The molecule has 0 unspecified atom stereocenters. The summed E-state index contributed by atoms with van der Waals surface area (Å²) < 4.78 is 0. The van der Waals surface area contributed by atoms with Crippen molar-refractivity contribution in [2.45, 2.75) is 19.1 Å². The minimum atomic E-state index is -0.526. The number of hydrogen-bond donors (Lipinski definition) is 2. The van der Waals surface area contributed by atoms with Crippen LogP contribution in [0.1, 0.15) is 6.92 Å². The Kier molecular flexibility index (Phi) is 4.93. The molecule has 0 saturated carbocycles. The first kappa shape index (κ1) is 14.3. The van der Waals surface area contributed by atoms with Crippen molar-refractivity contribution in [3.05, 3.63) is 73.3 Å². The number of para-hydroxylation sites is 2. The Labute approximate surface area is 120 Å². The van der Waals surface area contributed by atoms with Gasteiger partial charge in [-0.05, 0) is 31.2 Å². The van der Waals surface area contributed by atoms with E-state index in [0.29, 0.717) is 0 Å². The third kappa shape index (κ3) is 3.47. The summed E-state index contributed by atoms with van der Waals surface area (Å²) in [5, 5.41) is 11.8. The van der Waals surface area contributed by atoms with Crippen LogP contribution in [-0.2, 0) is 0 Å². The van der Waals surface area contributed by atoms with Gasteiger partial charge in [0, 0.05) is 0 Å². The normalized spacial score (nSPS) is 13.5. The van der Waals surface area contributed by atoms with Gasteiger partial charge in [-0.3, -0.25) is 5.01 Å². The number of nitrogens with one attached hydrogen (secondary N) is 1. The monoisotopic (exact) mass is 268 g/mol. The van der Waals surface area contributed by atoms with E-state index in [0.717, 1.165) is 11.4 Å². The van der Waals surface area contributed by atoms with Crippen molar-refractivity contribution in [3.8, 4) is 0 Å². The molecule has 0 aliphatic heterocycles. The molecule has 3 heteroatoms. The molecule has 104 valence electrons.